The van der Waals surface area contributed by atoms with E-state index in [1.165, 1.54) is 0 Å². The first-order chi connectivity index (χ1) is 7.66. The molecule has 2 atom stereocenters. The Bertz CT molecular complexity index is 406. The topological polar surface area (TPSA) is 21.6 Å². The van der Waals surface area contributed by atoms with E-state index in [1.807, 2.05) is 12.1 Å². The largest absolute Gasteiger partial charge is 0.478 e. The van der Waals surface area contributed by atoms with Crippen LogP contribution in [0.2, 0.25) is 10.0 Å². The van der Waals surface area contributed by atoms with E-state index in [4.69, 9.17) is 27.9 Å². The van der Waals surface area contributed by atoms with E-state index in [0.717, 1.165) is 23.4 Å². The molecule has 1 heterocycles. The molecule has 0 bridgehead atoms. The molecule has 16 heavy (non-hydrogen) atoms. The normalized spacial score (nSPS) is 23.4. The van der Waals surface area contributed by atoms with Crippen molar-refractivity contribution in [3.63, 3.8) is 0 Å². The molecule has 0 amide bonds. The summed E-state index contributed by atoms with van der Waals surface area (Å²) in [7, 11) is 0. The van der Waals surface area contributed by atoms with Crippen LogP contribution in [0.3, 0.4) is 0 Å². The number of benzene rings is 1. The van der Waals surface area contributed by atoms with Crippen molar-refractivity contribution in [2.75, 3.05) is 0 Å². The van der Waals surface area contributed by atoms with Gasteiger partial charge in [-0.25, -0.2) is 0 Å². The van der Waals surface area contributed by atoms with E-state index >= 15 is 0 Å². The predicted octanol–water partition coefficient (Wildman–Crippen LogP) is 3.74. The van der Waals surface area contributed by atoms with E-state index < -0.39 is 0 Å². The Morgan fingerprint density at radius 3 is 2.81 bits per heavy atom. The Kier molecular flexibility index (Phi) is 3.72. The molecular weight excluding hydrogens is 245 g/mol. The first-order valence-corrected chi connectivity index (χ1v) is 6.03. The second-order valence-electron chi connectivity index (χ2n) is 3.94. The lowest BCUT2D eigenvalue weighted by Gasteiger charge is -2.13. The minimum atomic E-state index is 0.173. The van der Waals surface area contributed by atoms with Crippen LogP contribution in [-0.4, -0.2) is 18.5 Å². The maximum absolute atomic E-state index is 6.09. The molecule has 0 aliphatic carbocycles. The minimum Gasteiger partial charge on any atom is -0.478 e. The Balaban J connectivity index is 1.94. The van der Waals surface area contributed by atoms with Crippen LogP contribution in [0.15, 0.2) is 23.2 Å². The molecule has 1 aliphatic rings. The summed E-state index contributed by atoms with van der Waals surface area (Å²) in [5.41, 5.74) is 1.11. The molecule has 1 aromatic carbocycles. The number of hydrogen-bond acceptors (Lipinski definition) is 2. The van der Waals surface area contributed by atoms with Crippen molar-refractivity contribution in [3.05, 3.63) is 33.8 Å². The lowest BCUT2D eigenvalue weighted by atomic mass is 10.0. The number of ether oxygens (including phenoxy) is 1. The van der Waals surface area contributed by atoms with Crippen molar-refractivity contribution < 1.29 is 4.74 Å². The van der Waals surface area contributed by atoms with Crippen LogP contribution in [0, 0.1) is 0 Å². The van der Waals surface area contributed by atoms with Crippen LogP contribution < -0.4 is 0 Å². The van der Waals surface area contributed by atoms with Crippen LogP contribution in [-0.2, 0) is 11.2 Å². The average Bonchev–Trinajstić information content (AvgIpc) is 2.63. The van der Waals surface area contributed by atoms with Gasteiger partial charge in [-0.1, -0.05) is 29.3 Å². The quantitative estimate of drug-likeness (QED) is 0.809. The first-order valence-electron chi connectivity index (χ1n) is 5.28. The summed E-state index contributed by atoms with van der Waals surface area (Å²) in [4.78, 5) is 4.17. The van der Waals surface area contributed by atoms with Crippen LogP contribution in [0.1, 0.15) is 18.9 Å². The Morgan fingerprint density at radius 2 is 2.19 bits per heavy atom. The zero-order valence-electron chi connectivity index (χ0n) is 8.99. The standard InChI is InChI=1S/C12H13Cl2NO/c1-8-12(16-7-15-8)5-3-9-2-4-10(13)6-11(9)14/h2,4,6-8,12H,3,5H2,1H3. The number of hydrogen-bond donors (Lipinski definition) is 0. The molecule has 2 nitrogen and oxygen atoms in total. The number of nitrogens with zero attached hydrogens (tertiary/aromatic N) is 1. The maximum Gasteiger partial charge on any atom is 0.170 e. The summed E-state index contributed by atoms with van der Waals surface area (Å²) in [6, 6.07) is 5.84. The fraction of sp³-hybridized carbons (Fsp3) is 0.417. The van der Waals surface area contributed by atoms with Gasteiger partial charge in [-0.15, -0.1) is 0 Å². The third-order valence-electron chi connectivity index (χ3n) is 2.78. The number of aliphatic imine (C=N–C) groups is 1. The van der Waals surface area contributed by atoms with E-state index in [9.17, 15) is 0 Å². The minimum absolute atomic E-state index is 0.173. The molecule has 0 saturated carbocycles. The van der Waals surface area contributed by atoms with Crippen molar-refractivity contribution in [2.45, 2.75) is 31.9 Å². The molecule has 1 aliphatic heterocycles. The zero-order valence-corrected chi connectivity index (χ0v) is 10.5. The smallest absolute Gasteiger partial charge is 0.170 e. The van der Waals surface area contributed by atoms with Crippen LogP contribution in [0.4, 0.5) is 0 Å². The summed E-state index contributed by atoms with van der Waals surface area (Å²) in [5, 5.41) is 1.39. The molecule has 0 radical (unpaired) electrons. The molecule has 0 aromatic heterocycles. The monoisotopic (exact) mass is 257 g/mol. The van der Waals surface area contributed by atoms with E-state index in [-0.39, 0.29) is 12.1 Å². The van der Waals surface area contributed by atoms with Gasteiger partial charge in [-0.2, -0.15) is 0 Å². The predicted molar refractivity (Wildman–Crippen MR) is 67.6 cm³/mol. The first kappa shape index (κ1) is 11.7. The van der Waals surface area contributed by atoms with Gasteiger partial charge >= 0.3 is 0 Å². The molecule has 2 rings (SSSR count). The second kappa shape index (κ2) is 5.07. The molecule has 2 unspecified atom stereocenters. The molecule has 86 valence electrons. The Hall–Kier alpha value is -0.730. The van der Waals surface area contributed by atoms with Crippen molar-refractivity contribution in [1.29, 1.82) is 0 Å². The van der Waals surface area contributed by atoms with Crippen LogP contribution in [0.25, 0.3) is 0 Å². The van der Waals surface area contributed by atoms with Gasteiger partial charge in [0.25, 0.3) is 0 Å². The van der Waals surface area contributed by atoms with Crippen molar-refractivity contribution in [2.24, 2.45) is 4.99 Å². The fourth-order valence-electron chi connectivity index (χ4n) is 1.75. The van der Waals surface area contributed by atoms with Crippen molar-refractivity contribution >= 4 is 29.6 Å². The third-order valence-corrected chi connectivity index (χ3v) is 3.37. The molecule has 4 heteroatoms. The third kappa shape index (κ3) is 2.69. The van der Waals surface area contributed by atoms with Gasteiger partial charge in [0.2, 0.25) is 0 Å². The zero-order chi connectivity index (χ0) is 11.5. The average molecular weight is 258 g/mol. The molecule has 1 aromatic rings. The fourth-order valence-corrected chi connectivity index (χ4v) is 2.25. The van der Waals surface area contributed by atoms with Gasteiger partial charge in [0.15, 0.2) is 6.40 Å². The number of rotatable bonds is 3. The van der Waals surface area contributed by atoms with Crippen LogP contribution >= 0.6 is 23.2 Å². The molecule has 0 N–H and O–H groups in total. The van der Waals surface area contributed by atoms with Gasteiger partial charge in [0, 0.05) is 10.0 Å². The molecule has 0 spiro atoms. The second-order valence-corrected chi connectivity index (χ2v) is 4.79. The highest BCUT2D eigenvalue weighted by atomic mass is 35.5. The highest BCUT2D eigenvalue weighted by Gasteiger charge is 2.21. The Labute approximate surface area is 105 Å². The SMILES string of the molecule is CC1N=COC1CCc1ccc(Cl)cc1Cl. The highest BCUT2D eigenvalue weighted by molar-refractivity contribution is 6.35. The van der Waals surface area contributed by atoms with Crippen molar-refractivity contribution in [1.82, 2.24) is 0 Å². The van der Waals surface area contributed by atoms with Crippen LogP contribution in [0.5, 0.6) is 0 Å². The molecule has 0 fully saturated rings. The summed E-state index contributed by atoms with van der Waals surface area (Å²) in [6.45, 7) is 2.05. The van der Waals surface area contributed by atoms with Crippen molar-refractivity contribution in [3.8, 4) is 0 Å². The van der Waals surface area contributed by atoms with E-state index in [2.05, 4.69) is 11.9 Å². The van der Waals surface area contributed by atoms with E-state index in [1.54, 1.807) is 12.5 Å². The highest BCUT2D eigenvalue weighted by Crippen LogP contribution is 2.24. The van der Waals surface area contributed by atoms with Gasteiger partial charge in [0.1, 0.15) is 6.10 Å². The van der Waals surface area contributed by atoms with Gasteiger partial charge in [-0.05, 0) is 37.5 Å². The summed E-state index contributed by atoms with van der Waals surface area (Å²) in [6.07, 6.45) is 3.52. The Morgan fingerprint density at radius 1 is 1.38 bits per heavy atom. The number of halogens is 2. The maximum atomic E-state index is 6.09. The number of aryl methyl sites for hydroxylation is 1. The van der Waals surface area contributed by atoms with Gasteiger partial charge in [0.05, 0.1) is 6.04 Å². The lowest BCUT2D eigenvalue weighted by Crippen LogP contribution is -2.19. The molecule has 0 saturated heterocycles. The van der Waals surface area contributed by atoms with E-state index in [0.29, 0.717) is 5.02 Å². The lowest BCUT2D eigenvalue weighted by molar-refractivity contribution is 0.195. The summed E-state index contributed by atoms with van der Waals surface area (Å²) >= 11 is 11.9. The molecular formula is C12H13Cl2NO. The van der Waals surface area contributed by atoms with Gasteiger partial charge < -0.3 is 4.74 Å². The summed E-state index contributed by atoms with van der Waals surface area (Å²) in [5.74, 6) is 0. The van der Waals surface area contributed by atoms with Gasteiger partial charge in [-0.3, -0.25) is 4.99 Å². The summed E-state index contributed by atoms with van der Waals surface area (Å²) < 4.78 is 5.39.